The van der Waals surface area contributed by atoms with E-state index in [2.05, 4.69) is 20.6 Å². The van der Waals surface area contributed by atoms with E-state index in [-0.39, 0.29) is 5.91 Å². The quantitative estimate of drug-likeness (QED) is 0.878. The van der Waals surface area contributed by atoms with Crippen LogP contribution in [0.25, 0.3) is 0 Å². The van der Waals surface area contributed by atoms with Crippen LogP contribution < -0.4 is 15.5 Å². The van der Waals surface area contributed by atoms with E-state index in [0.717, 1.165) is 18.1 Å². The molecule has 3 heterocycles. The Morgan fingerprint density at radius 2 is 2.14 bits per heavy atom. The topological polar surface area (TPSA) is 93.9 Å². The molecule has 7 heteroatoms. The number of piperazine rings is 1. The second-order valence-corrected chi connectivity index (χ2v) is 4.85. The van der Waals surface area contributed by atoms with Crippen molar-refractivity contribution in [1.29, 1.82) is 5.26 Å². The van der Waals surface area contributed by atoms with Crippen LogP contribution in [0.15, 0.2) is 36.7 Å². The number of hydrogen-bond donors (Lipinski definition) is 2. The van der Waals surface area contributed by atoms with Crippen LogP contribution >= 0.6 is 0 Å². The number of carbonyl (C=O) groups is 1. The molecule has 3 rings (SSSR count). The van der Waals surface area contributed by atoms with Crippen molar-refractivity contribution < 1.29 is 4.79 Å². The summed E-state index contributed by atoms with van der Waals surface area (Å²) < 4.78 is 0. The molecule has 7 nitrogen and oxygen atoms in total. The third-order valence-electron chi connectivity index (χ3n) is 3.28. The summed E-state index contributed by atoms with van der Waals surface area (Å²) in [5, 5.41) is 14.6. The van der Waals surface area contributed by atoms with Gasteiger partial charge in [-0.05, 0) is 24.3 Å². The number of rotatable bonds is 3. The van der Waals surface area contributed by atoms with E-state index in [0.29, 0.717) is 24.5 Å². The zero-order valence-electron chi connectivity index (χ0n) is 11.8. The molecular formula is C15H14N6O. The molecule has 0 unspecified atom stereocenters. The second kappa shape index (κ2) is 6.10. The molecule has 110 valence electrons. The molecule has 1 aliphatic heterocycles. The van der Waals surface area contributed by atoms with E-state index in [4.69, 9.17) is 5.26 Å². The smallest absolute Gasteiger partial charge is 0.239 e. The normalized spacial score (nSPS) is 14.1. The number of nitriles is 1. The fourth-order valence-corrected chi connectivity index (χ4v) is 2.16. The summed E-state index contributed by atoms with van der Waals surface area (Å²) in [7, 11) is 0. The van der Waals surface area contributed by atoms with Crippen LogP contribution in [-0.4, -0.2) is 35.5 Å². The van der Waals surface area contributed by atoms with Crippen molar-refractivity contribution in [3.63, 3.8) is 0 Å². The maximum Gasteiger partial charge on any atom is 0.239 e. The molecule has 1 saturated heterocycles. The number of aromatic nitrogens is 2. The maximum absolute atomic E-state index is 11.4. The lowest BCUT2D eigenvalue weighted by atomic mass is 10.3. The molecule has 1 amide bonds. The summed E-state index contributed by atoms with van der Waals surface area (Å²) in [6.07, 6.45) is 3.21. The Labute approximate surface area is 127 Å². The highest BCUT2D eigenvalue weighted by molar-refractivity contribution is 5.82. The Bertz CT molecular complexity index is 704. The molecule has 2 aromatic heterocycles. The van der Waals surface area contributed by atoms with Gasteiger partial charge in [0.15, 0.2) is 0 Å². The number of anilines is 3. The standard InChI is InChI=1S/C15H14N6O/c16-7-11-1-3-13(18-8-11)20-12-2-4-14(19-9-12)21-6-5-17-15(22)10-21/h1-4,8-9H,5-6,10H2,(H,17,22)(H,18,20). The predicted molar refractivity (Wildman–Crippen MR) is 81.7 cm³/mol. The van der Waals surface area contributed by atoms with Gasteiger partial charge in [-0.2, -0.15) is 5.26 Å². The van der Waals surface area contributed by atoms with Gasteiger partial charge < -0.3 is 15.5 Å². The summed E-state index contributed by atoms with van der Waals surface area (Å²) in [5.74, 6) is 1.43. The molecule has 0 bridgehead atoms. The Morgan fingerprint density at radius 1 is 1.23 bits per heavy atom. The summed E-state index contributed by atoms with van der Waals surface area (Å²) in [6, 6.07) is 9.21. The number of pyridine rings is 2. The summed E-state index contributed by atoms with van der Waals surface area (Å²) >= 11 is 0. The molecule has 2 aromatic rings. The fourth-order valence-electron chi connectivity index (χ4n) is 2.16. The summed E-state index contributed by atoms with van der Waals surface area (Å²) in [6.45, 7) is 1.72. The number of amides is 1. The van der Waals surface area contributed by atoms with Gasteiger partial charge in [0.05, 0.1) is 24.0 Å². The molecule has 0 saturated carbocycles. The monoisotopic (exact) mass is 294 g/mol. The van der Waals surface area contributed by atoms with Crippen molar-refractivity contribution in [3.05, 3.63) is 42.2 Å². The highest BCUT2D eigenvalue weighted by Crippen LogP contribution is 2.18. The first-order valence-electron chi connectivity index (χ1n) is 6.85. The third-order valence-corrected chi connectivity index (χ3v) is 3.28. The predicted octanol–water partition coefficient (Wildman–Crippen LogP) is 1.03. The minimum atomic E-state index is 0.0111. The lowest BCUT2D eigenvalue weighted by Crippen LogP contribution is -2.48. The van der Waals surface area contributed by atoms with Crippen molar-refractivity contribution in [1.82, 2.24) is 15.3 Å². The lowest BCUT2D eigenvalue weighted by Gasteiger charge is -2.27. The lowest BCUT2D eigenvalue weighted by molar-refractivity contribution is -0.120. The van der Waals surface area contributed by atoms with E-state index >= 15 is 0 Å². The Balaban J connectivity index is 1.68. The van der Waals surface area contributed by atoms with Gasteiger partial charge in [0, 0.05) is 19.3 Å². The minimum Gasteiger partial charge on any atom is -0.353 e. The molecule has 0 aromatic carbocycles. The van der Waals surface area contributed by atoms with E-state index < -0.39 is 0 Å². The Morgan fingerprint density at radius 3 is 2.77 bits per heavy atom. The van der Waals surface area contributed by atoms with Gasteiger partial charge >= 0.3 is 0 Å². The molecule has 0 atom stereocenters. The molecule has 1 aliphatic rings. The van der Waals surface area contributed by atoms with Crippen molar-refractivity contribution in [3.8, 4) is 6.07 Å². The molecule has 22 heavy (non-hydrogen) atoms. The molecule has 0 spiro atoms. The van der Waals surface area contributed by atoms with Crippen LogP contribution in [0.1, 0.15) is 5.56 Å². The average Bonchev–Trinajstić information content (AvgIpc) is 2.56. The van der Waals surface area contributed by atoms with Gasteiger partial charge in [0.25, 0.3) is 0 Å². The summed E-state index contributed by atoms with van der Waals surface area (Å²) in [4.78, 5) is 21.8. The van der Waals surface area contributed by atoms with Crippen molar-refractivity contribution in [2.45, 2.75) is 0 Å². The number of hydrogen-bond acceptors (Lipinski definition) is 6. The van der Waals surface area contributed by atoms with Crippen LogP contribution in [0.4, 0.5) is 17.3 Å². The fraction of sp³-hybridized carbons (Fsp3) is 0.200. The SMILES string of the molecule is N#Cc1ccc(Nc2ccc(N3CCNC(=O)C3)nc2)nc1. The van der Waals surface area contributed by atoms with Gasteiger partial charge in [0.1, 0.15) is 17.7 Å². The van der Waals surface area contributed by atoms with E-state index in [1.54, 1.807) is 18.3 Å². The van der Waals surface area contributed by atoms with Crippen LogP contribution in [0.2, 0.25) is 0 Å². The van der Waals surface area contributed by atoms with Crippen LogP contribution in [0.3, 0.4) is 0 Å². The Hall–Kier alpha value is -3.14. The van der Waals surface area contributed by atoms with Gasteiger partial charge in [-0.25, -0.2) is 9.97 Å². The van der Waals surface area contributed by atoms with Gasteiger partial charge in [-0.1, -0.05) is 0 Å². The van der Waals surface area contributed by atoms with Crippen molar-refractivity contribution in [2.75, 3.05) is 29.9 Å². The molecular weight excluding hydrogens is 280 g/mol. The van der Waals surface area contributed by atoms with Gasteiger partial charge in [-0.3, -0.25) is 4.79 Å². The highest BCUT2D eigenvalue weighted by atomic mass is 16.2. The van der Waals surface area contributed by atoms with E-state index in [9.17, 15) is 4.79 Å². The first-order chi connectivity index (χ1) is 10.7. The first kappa shape index (κ1) is 13.8. The van der Waals surface area contributed by atoms with Crippen LogP contribution in [0, 0.1) is 11.3 Å². The van der Waals surface area contributed by atoms with E-state index in [1.807, 2.05) is 23.1 Å². The molecule has 2 N–H and O–H groups in total. The van der Waals surface area contributed by atoms with Crippen LogP contribution in [0.5, 0.6) is 0 Å². The molecule has 0 radical (unpaired) electrons. The maximum atomic E-state index is 11.4. The van der Waals surface area contributed by atoms with Crippen LogP contribution in [-0.2, 0) is 4.79 Å². The number of nitrogens with one attached hydrogen (secondary N) is 2. The average molecular weight is 294 g/mol. The number of carbonyl (C=O) groups excluding carboxylic acids is 1. The second-order valence-electron chi connectivity index (χ2n) is 4.85. The summed E-state index contributed by atoms with van der Waals surface area (Å²) in [5.41, 5.74) is 1.31. The minimum absolute atomic E-state index is 0.0111. The molecule has 0 aliphatic carbocycles. The van der Waals surface area contributed by atoms with Crippen molar-refractivity contribution in [2.24, 2.45) is 0 Å². The Kier molecular flexibility index (Phi) is 3.83. The number of nitrogens with zero attached hydrogens (tertiary/aromatic N) is 4. The van der Waals surface area contributed by atoms with Crippen molar-refractivity contribution >= 4 is 23.2 Å². The van der Waals surface area contributed by atoms with E-state index in [1.165, 1.54) is 6.20 Å². The zero-order chi connectivity index (χ0) is 15.4. The van der Waals surface area contributed by atoms with Gasteiger partial charge in [-0.15, -0.1) is 0 Å². The van der Waals surface area contributed by atoms with Gasteiger partial charge in [0.2, 0.25) is 5.91 Å². The largest absolute Gasteiger partial charge is 0.353 e. The highest BCUT2D eigenvalue weighted by Gasteiger charge is 2.17. The third kappa shape index (κ3) is 3.12. The molecule has 1 fully saturated rings. The first-order valence-corrected chi connectivity index (χ1v) is 6.85. The zero-order valence-corrected chi connectivity index (χ0v) is 11.8.